The predicted octanol–water partition coefficient (Wildman–Crippen LogP) is 8.59. The molecule has 0 rings (SSSR count). The van der Waals surface area contributed by atoms with E-state index in [4.69, 9.17) is 0 Å². The first-order chi connectivity index (χ1) is 21.5. The highest BCUT2D eigenvalue weighted by Gasteiger charge is 2.18. The van der Waals surface area contributed by atoms with Crippen LogP contribution in [0.25, 0.3) is 0 Å². The molecule has 45 heavy (non-hydrogen) atoms. The first-order valence-corrected chi connectivity index (χ1v) is 20.5. The zero-order valence-electron chi connectivity index (χ0n) is 31.4. The molecule has 2 unspecified atom stereocenters. The minimum Gasteiger partial charge on any atom is -1.00 e. The zero-order chi connectivity index (χ0) is 32.4. The van der Waals surface area contributed by atoms with Gasteiger partial charge in [0.15, 0.2) is 0 Å². The van der Waals surface area contributed by atoms with Gasteiger partial charge in [-0.25, -0.2) is 0 Å². The summed E-state index contributed by atoms with van der Waals surface area (Å²) in [6.07, 6.45) is 43.5. The molecule has 0 aromatic rings. The molecular weight excluding hydrogens is 574 g/mol. The van der Waals surface area contributed by atoms with E-state index in [0.29, 0.717) is 11.7 Å². The number of quaternary nitrogens is 1. The van der Waals surface area contributed by atoms with Gasteiger partial charge < -0.3 is 22.4 Å². The third-order valence-electron chi connectivity index (χ3n) is 9.90. The summed E-state index contributed by atoms with van der Waals surface area (Å²) in [6, 6.07) is 0. The van der Waals surface area contributed by atoms with Crippen molar-refractivity contribution in [3.63, 3.8) is 0 Å². The molecule has 0 spiro atoms. The van der Waals surface area contributed by atoms with Gasteiger partial charge in [-0.3, -0.25) is 4.79 Å². The number of halogens is 1. The highest BCUT2D eigenvalue weighted by molar-refractivity contribution is 5.80. The molecular formula is C41H84ClNO2. The SMILES string of the molecule is CCCCCCCCCCCCCCCCCC(=O)C(CCCCCCCCCCCCCCCCC(C)O)CC[NH+](C)C.[Cl-]. The van der Waals surface area contributed by atoms with Crippen LogP contribution in [0.1, 0.15) is 226 Å². The van der Waals surface area contributed by atoms with Gasteiger partial charge >= 0.3 is 0 Å². The summed E-state index contributed by atoms with van der Waals surface area (Å²) in [5.74, 6) is 0.885. The maximum Gasteiger partial charge on any atom is 0.136 e. The molecule has 0 heterocycles. The third-order valence-corrected chi connectivity index (χ3v) is 9.90. The summed E-state index contributed by atoms with van der Waals surface area (Å²) in [5.41, 5.74) is 0. The van der Waals surface area contributed by atoms with E-state index in [1.165, 1.54) is 185 Å². The fraction of sp³-hybridized carbons (Fsp3) is 0.976. The van der Waals surface area contributed by atoms with Crippen molar-refractivity contribution in [2.45, 2.75) is 232 Å². The molecule has 2 N–H and O–H groups in total. The summed E-state index contributed by atoms with van der Waals surface area (Å²) in [4.78, 5) is 14.5. The van der Waals surface area contributed by atoms with Gasteiger partial charge in [0.1, 0.15) is 5.78 Å². The number of unbranched alkanes of at least 4 members (excludes halogenated alkanes) is 27. The molecule has 0 aliphatic rings. The van der Waals surface area contributed by atoms with E-state index in [1.807, 2.05) is 6.92 Å². The van der Waals surface area contributed by atoms with E-state index < -0.39 is 0 Å². The van der Waals surface area contributed by atoms with Gasteiger partial charge in [-0.15, -0.1) is 0 Å². The molecule has 2 atom stereocenters. The number of Topliss-reactive ketones (excluding diaryl/α,β-unsaturated/α-hetero) is 1. The molecule has 0 bridgehead atoms. The average molecular weight is 659 g/mol. The Hall–Kier alpha value is -0.120. The predicted molar refractivity (Wildman–Crippen MR) is 196 cm³/mol. The number of nitrogens with one attached hydrogen (secondary N) is 1. The molecule has 0 saturated carbocycles. The standard InChI is InChI=1S/C41H83NO2.ClH/c1-5-6-7-8-9-10-11-12-13-18-21-24-27-30-33-36-41(44)40(37-38-42(3)4)35-32-29-26-23-20-17-15-14-16-19-22-25-28-31-34-39(2)43;/h39-40,43H,5-38H2,1-4H3;1H. The number of aliphatic hydroxyl groups excluding tert-OH is 1. The first-order valence-electron chi connectivity index (χ1n) is 20.5. The quantitative estimate of drug-likeness (QED) is 0.0657. The Balaban J connectivity index is 0. The second-order valence-corrected chi connectivity index (χ2v) is 15.0. The lowest BCUT2D eigenvalue weighted by Gasteiger charge is -2.17. The fourth-order valence-corrected chi connectivity index (χ4v) is 6.76. The number of carbonyl (C=O) groups is 1. The van der Waals surface area contributed by atoms with E-state index in [2.05, 4.69) is 21.0 Å². The van der Waals surface area contributed by atoms with E-state index in [1.54, 1.807) is 0 Å². The van der Waals surface area contributed by atoms with Crippen LogP contribution >= 0.6 is 0 Å². The number of hydrogen-bond acceptors (Lipinski definition) is 2. The number of ketones is 1. The summed E-state index contributed by atoms with van der Waals surface area (Å²) >= 11 is 0. The maximum absolute atomic E-state index is 13.1. The van der Waals surface area contributed by atoms with Crippen LogP contribution < -0.4 is 17.3 Å². The molecule has 0 aliphatic heterocycles. The second kappa shape index (κ2) is 38.3. The number of hydrogen-bond donors (Lipinski definition) is 2. The molecule has 0 aromatic heterocycles. The largest absolute Gasteiger partial charge is 1.00 e. The van der Waals surface area contributed by atoms with Gasteiger partial charge in [0.05, 0.1) is 26.7 Å². The molecule has 0 amide bonds. The molecule has 0 radical (unpaired) electrons. The van der Waals surface area contributed by atoms with Crippen LogP contribution in [-0.4, -0.2) is 37.6 Å². The van der Waals surface area contributed by atoms with E-state index in [9.17, 15) is 9.90 Å². The van der Waals surface area contributed by atoms with Gasteiger partial charge in [-0.2, -0.15) is 0 Å². The summed E-state index contributed by atoms with van der Waals surface area (Å²) in [7, 11) is 4.44. The molecule has 0 saturated heterocycles. The third kappa shape index (κ3) is 38.2. The van der Waals surface area contributed by atoms with Gasteiger partial charge in [-0.1, -0.05) is 187 Å². The Morgan fingerprint density at radius 1 is 0.489 bits per heavy atom. The van der Waals surface area contributed by atoms with Crippen LogP contribution in [0.3, 0.4) is 0 Å². The van der Waals surface area contributed by atoms with Crippen LogP contribution in [-0.2, 0) is 4.79 Å². The average Bonchev–Trinajstić information content (AvgIpc) is 2.99. The van der Waals surface area contributed by atoms with Gasteiger partial charge in [0.2, 0.25) is 0 Å². The monoisotopic (exact) mass is 658 g/mol. The Kier molecular flexibility index (Phi) is 40.0. The lowest BCUT2D eigenvalue weighted by Crippen LogP contribution is -3.05. The molecule has 0 fully saturated rings. The lowest BCUT2D eigenvalue weighted by molar-refractivity contribution is -0.858. The summed E-state index contributed by atoms with van der Waals surface area (Å²) < 4.78 is 0. The van der Waals surface area contributed by atoms with Crippen molar-refractivity contribution in [2.24, 2.45) is 5.92 Å². The van der Waals surface area contributed by atoms with Crippen molar-refractivity contribution >= 4 is 5.78 Å². The van der Waals surface area contributed by atoms with Crippen LogP contribution in [0.2, 0.25) is 0 Å². The highest BCUT2D eigenvalue weighted by atomic mass is 35.5. The minimum absolute atomic E-state index is 0. The lowest BCUT2D eigenvalue weighted by atomic mass is 9.90. The topological polar surface area (TPSA) is 41.7 Å². The number of aliphatic hydroxyl groups is 1. The smallest absolute Gasteiger partial charge is 0.136 e. The van der Waals surface area contributed by atoms with Gasteiger partial charge in [0, 0.05) is 18.8 Å². The van der Waals surface area contributed by atoms with Crippen LogP contribution in [0, 0.1) is 5.92 Å². The van der Waals surface area contributed by atoms with Crippen LogP contribution in [0.4, 0.5) is 0 Å². The Labute approximate surface area is 290 Å². The number of rotatable bonds is 37. The number of carbonyl (C=O) groups excluding carboxylic acids is 1. The van der Waals surface area contributed by atoms with Crippen molar-refractivity contribution in [1.82, 2.24) is 0 Å². The van der Waals surface area contributed by atoms with E-state index in [0.717, 1.165) is 38.6 Å². The van der Waals surface area contributed by atoms with Crippen molar-refractivity contribution in [2.75, 3.05) is 20.6 Å². The van der Waals surface area contributed by atoms with Gasteiger partial charge in [-0.05, 0) is 26.2 Å². The molecule has 3 nitrogen and oxygen atoms in total. The van der Waals surface area contributed by atoms with E-state index >= 15 is 0 Å². The molecule has 0 aromatic carbocycles. The Bertz CT molecular complexity index is 568. The molecule has 272 valence electrons. The van der Waals surface area contributed by atoms with Gasteiger partial charge in [0.25, 0.3) is 0 Å². The molecule has 4 heteroatoms. The first kappa shape index (κ1) is 47.0. The summed E-state index contributed by atoms with van der Waals surface area (Å²) in [6.45, 7) is 5.32. The van der Waals surface area contributed by atoms with Crippen LogP contribution in [0.5, 0.6) is 0 Å². The normalized spacial score (nSPS) is 12.8. The van der Waals surface area contributed by atoms with E-state index in [-0.39, 0.29) is 18.5 Å². The Morgan fingerprint density at radius 3 is 1.13 bits per heavy atom. The summed E-state index contributed by atoms with van der Waals surface area (Å²) in [5, 5.41) is 9.31. The highest BCUT2D eigenvalue weighted by Crippen LogP contribution is 2.20. The molecule has 0 aliphatic carbocycles. The van der Waals surface area contributed by atoms with Crippen molar-refractivity contribution < 1.29 is 27.2 Å². The fourth-order valence-electron chi connectivity index (χ4n) is 6.76. The van der Waals surface area contributed by atoms with Crippen molar-refractivity contribution in [3.05, 3.63) is 0 Å². The zero-order valence-corrected chi connectivity index (χ0v) is 32.2. The second-order valence-electron chi connectivity index (χ2n) is 15.0. The van der Waals surface area contributed by atoms with Crippen molar-refractivity contribution in [1.29, 1.82) is 0 Å². The maximum atomic E-state index is 13.1. The van der Waals surface area contributed by atoms with Crippen LogP contribution in [0.15, 0.2) is 0 Å². The van der Waals surface area contributed by atoms with Crippen molar-refractivity contribution in [3.8, 4) is 0 Å². The Morgan fingerprint density at radius 2 is 0.800 bits per heavy atom. The minimum atomic E-state index is -0.122.